The number of amides is 1. The summed E-state index contributed by atoms with van der Waals surface area (Å²) in [6.45, 7) is 10.0. The molecule has 4 rings (SSSR count). The summed E-state index contributed by atoms with van der Waals surface area (Å²) in [4.78, 5) is 15.4. The minimum atomic E-state index is -0.323. The quantitative estimate of drug-likeness (QED) is 0.517. The van der Waals surface area contributed by atoms with Crippen molar-refractivity contribution in [3.63, 3.8) is 0 Å². The standard InChI is InChI=1S/C25H31N5OS/c1-17-15-18(2)22(19(3)16-17)26-23(31)20(4)32-25-28-27-24(29-13-9-6-10-14-29)30(25)21-11-7-5-8-12-21/h5,7-8,11-12,15-16,20H,6,9-10,13-14H2,1-4H3,(H,26,31). The first-order valence-electron chi connectivity index (χ1n) is 11.2. The van der Waals surface area contributed by atoms with Crippen LogP contribution in [-0.2, 0) is 4.79 Å². The van der Waals surface area contributed by atoms with E-state index in [1.165, 1.54) is 23.7 Å². The van der Waals surface area contributed by atoms with Crippen molar-refractivity contribution in [1.29, 1.82) is 0 Å². The zero-order chi connectivity index (χ0) is 22.7. The van der Waals surface area contributed by atoms with Crippen LogP contribution in [0.25, 0.3) is 5.69 Å². The van der Waals surface area contributed by atoms with Crippen LogP contribution in [0.2, 0.25) is 0 Å². The lowest BCUT2D eigenvalue weighted by atomic mass is 10.1. The second kappa shape index (κ2) is 9.77. The summed E-state index contributed by atoms with van der Waals surface area (Å²) in [5.41, 5.74) is 5.26. The number of nitrogens with zero attached hydrogens (tertiary/aromatic N) is 4. The second-order valence-corrected chi connectivity index (χ2v) is 9.83. The number of hydrogen-bond acceptors (Lipinski definition) is 5. The maximum atomic E-state index is 13.1. The Morgan fingerprint density at radius 3 is 2.31 bits per heavy atom. The van der Waals surface area contributed by atoms with Crippen LogP contribution in [0.4, 0.5) is 11.6 Å². The molecule has 1 aliphatic rings. The van der Waals surface area contributed by atoms with Crippen molar-refractivity contribution in [3.8, 4) is 5.69 Å². The highest BCUT2D eigenvalue weighted by atomic mass is 32.2. The predicted molar refractivity (Wildman–Crippen MR) is 132 cm³/mol. The number of anilines is 2. The second-order valence-electron chi connectivity index (χ2n) is 8.52. The smallest absolute Gasteiger partial charge is 0.237 e. The molecule has 6 nitrogen and oxygen atoms in total. The summed E-state index contributed by atoms with van der Waals surface area (Å²) in [5, 5.41) is 12.6. The van der Waals surface area contributed by atoms with Gasteiger partial charge < -0.3 is 10.2 Å². The first-order chi connectivity index (χ1) is 15.4. The van der Waals surface area contributed by atoms with E-state index in [1.54, 1.807) is 0 Å². The first-order valence-corrected chi connectivity index (χ1v) is 12.1. The van der Waals surface area contributed by atoms with Crippen LogP contribution in [-0.4, -0.2) is 39.0 Å². The largest absolute Gasteiger partial charge is 0.341 e. The molecule has 0 saturated carbocycles. The number of nitrogens with one attached hydrogen (secondary N) is 1. The van der Waals surface area contributed by atoms with E-state index in [-0.39, 0.29) is 11.2 Å². The number of carbonyl (C=O) groups excluding carboxylic acids is 1. The van der Waals surface area contributed by atoms with Gasteiger partial charge in [-0.3, -0.25) is 9.36 Å². The molecule has 2 aromatic carbocycles. The number of aromatic nitrogens is 3. The molecule has 1 aliphatic heterocycles. The Morgan fingerprint density at radius 1 is 1.00 bits per heavy atom. The molecule has 1 amide bonds. The van der Waals surface area contributed by atoms with E-state index in [0.29, 0.717) is 0 Å². The maximum Gasteiger partial charge on any atom is 0.237 e. The van der Waals surface area contributed by atoms with Crippen LogP contribution in [0.1, 0.15) is 42.9 Å². The van der Waals surface area contributed by atoms with Crippen LogP contribution in [0, 0.1) is 20.8 Å². The number of carbonyl (C=O) groups is 1. The highest BCUT2D eigenvalue weighted by Gasteiger charge is 2.25. The van der Waals surface area contributed by atoms with Gasteiger partial charge in [0.05, 0.1) is 10.9 Å². The summed E-state index contributed by atoms with van der Waals surface area (Å²) in [7, 11) is 0. The Hall–Kier alpha value is -2.80. The van der Waals surface area contributed by atoms with Gasteiger partial charge in [0.25, 0.3) is 0 Å². The highest BCUT2D eigenvalue weighted by molar-refractivity contribution is 8.00. The third-order valence-electron chi connectivity index (χ3n) is 5.85. The molecule has 1 fully saturated rings. The number of piperidine rings is 1. The Labute approximate surface area is 194 Å². The molecule has 7 heteroatoms. The van der Waals surface area contributed by atoms with Gasteiger partial charge in [-0.05, 0) is 70.2 Å². The molecule has 32 heavy (non-hydrogen) atoms. The molecule has 3 aromatic rings. The summed E-state index contributed by atoms with van der Waals surface area (Å²) in [6.07, 6.45) is 3.59. The Bertz CT molecular complexity index is 1070. The van der Waals surface area contributed by atoms with Gasteiger partial charge in [0, 0.05) is 18.8 Å². The number of benzene rings is 2. The van der Waals surface area contributed by atoms with E-state index in [9.17, 15) is 4.79 Å². The zero-order valence-electron chi connectivity index (χ0n) is 19.3. The summed E-state index contributed by atoms with van der Waals surface area (Å²) >= 11 is 1.44. The van der Waals surface area contributed by atoms with E-state index < -0.39 is 0 Å². The monoisotopic (exact) mass is 449 g/mol. The third kappa shape index (κ3) is 4.83. The summed E-state index contributed by atoms with van der Waals surface area (Å²) in [5.74, 6) is 0.823. The Balaban J connectivity index is 1.58. The van der Waals surface area contributed by atoms with Crippen LogP contribution in [0.3, 0.4) is 0 Å². The van der Waals surface area contributed by atoms with E-state index in [2.05, 4.69) is 56.2 Å². The lowest BCUT2D eigenvalue weighted by Gasteiger charge is -2.28. The number of rotatable bonds is 6. The van der Waals surface area contributed by atoms with Crippen molar-refractivity contribution in [2.45, 2.75) is 57.4 Å². The summed E-state index contributed by atoms with van der Waals surface area (Å²) in [6, 6.07) is 14.3. The van der Waals surface area contributed by atoms with E-state index in [1.807, 2.05) is 39.0 Å². The molecule has 2 heterocycles. The van der Waals surface area contributed by atoms with Crippen molar-refractivity contribution in [2.75, 3.05) is 23.3 Å². The zero-order valence-corrected chi connectivity index (χ0v) is 20.1. The normalized spacial score (nSPS) is 14.9. The van der Waals surface area contributed by atoms with Crippen molar-refractivity contribution < 1.29 is 4.79 Å². The molecule has 1 unspecified atom stereocenters. The first kappa shape index (κ1) is 22.4. The third-order valence-corrected chi connectivity index (χ3v) is 6.89. The lowest BCUT2D eigenvalue weighted by Crippen LogP contribution is -2.31. The number of thioether (sulfide) groups is 1. The van der Waals surface area contributed by atoms with Gasteiger partial charge in [0.15, 0.2) is 5.16 Å². The fourth-order valence-corrected chi connectivity index (χ4v) is 5.12. The van der Waals surface area contributed by atoms with Gasteiger partial charge in [0.2, 0.25) is 11.9 Å². The Kier molecular flexibility index (Phi) is 6.84. The molecule has 0 aliphatic carbocycles. The van der Waals surface area contributed by atoms with Gasteiger partial charge >= 0.3 is 0 Å². The van der Waals surface area contributed by atoms with Crippen molar-refractivity contribution in [3.05, 3.63) is 59.2 Å². The molecule has 1 atom stereocenters. The fourth-order valence-electron chi connectivity index (χ4n) is 4.25. The van der Waals surface area contributed by atoms with Crippen molar-refractivity contribution in [1.82, 2.24) is 14.8 Å². The van der Waals surface area contributed by atoms with E-state index in [0.717, 1.165) is 59.5 Å². The topological polar surface area (TPSA) is 63.1 Å². The van der Waals surface area contributed by atoms with E-state index >= 15 is 0 Å². The molecule has 1 saturated heterocycles. The van der Waals surface area contributed by atoms with Crippen LogP contribution in [0.5, 0.6) is 0 Å². The van der Waals surface area contributed by atoms with Gasteiger partial charge in [-0.1, -0.05) is 47.7 Å². The molecule has 1 N–H and O–H groups in total. The fraction of sp³-hybridized carbons (Fsp3) is 0.400. The van der Waals surface area contributed by atoms with Crippen molar-refractivity contribution >= 4 is 29.3 Å². The average molecular weight is 450 g/mol. The van der Waals surface area contributed by atoms with Crippen LogP contribution < -0.4 is 10.2 Å². The minimum absolute atomic E-state index is 0.0350. The highest BCUT2D eigenvalue weighted by Crippen LogP contribution is 2.31. The maximum absolute atomic E-state index is 13.1. The van der Waals surface area contributed by atoms with Crippen molar-refractivity contribution in [2.24, 2.45) is 0 Å². The molecule has 0 bridgehead atoms. The predicted octanol–water partition coefficient (Wildman–Crippen LogP) is 5.30. The molecule has 0 radical (unpaired) electrons. The van der Waals surface area contributed by atoms with Crippen LogP contribution >= 0.6 is 11.8 Å². The van der Waals surface area contributed by atoms with Gasteiger partial charge in [-0.2, -0.15) is 0 Å². The van der Waals surface area contributed by atoms with Gasteiger partial charge in [-0.25, -0.2) is 0 Å². The van der Waals surface area contributed by atoms with Crippen LogP contribution in [0.15, 0.2) is 47.6 Å². The summed E-state index contributed by atoms with van der Waals surface area (Å²) < 4.78 is 2.09. The Morgan fingerprint density at radius 2 is 1.66 bits per heavy atom. The van der Waals surface area contributed by atoms with Gasteiger partial charge in [-0.15, -0.1) is 10.2 Å². The number of hydrogen-bond donors (Lipinski definition) is 1. The molecule has 0 spiro atoms. The SMILES string of the molecule is Cc1cc(C)c(NC(=O)C(C)Sc2nnc(N3CCCCC3)n2-c2ccccc2)c(C)c1. The molecule has 168 valence electrons. The number of aryl methyl sites for hydroxylation is 3. The average Bonchev–Trinajstić information content (AvgIpc) is 3.20. The minimum Gasteiger partial charge on any atom is -0.341 e. The molecular formula is C25H31N5OS. The number of para-hydroxylation sites is 1. The van der Waals surface area contributed by atoms with E-state index in [4.69, 9.17) is 0 Å². The lowest BCUT2D eigenvalue weighted by molar-refractivity contribution is -0.115. The van der Waals surface area contributed by atoms with Gasteiger partial charge in [0.1, 0.15) is 0 Å². The molecular weight excluding hydrogens is 418 g/mol. The molecule has 1 aromatic heterocycles.